The maximum atomic E-state index is 12.0. The molecular formula is C15H21NO3. The predicted molar refractivity (Wildman–Crippen MR) is 73.2 cm³/mol. The Bertz CT molecular complexity index is 465. The summed E-state index contributed by atoms with van der Waals surface area (Å²) in [5, 5.41) is 0. The highest BCUT2D eigenvalue weighted by Gasteiger charge is 2.29. The lowest BCUT2D eigenvalue weighted by Gasteiger charge is -2.33. The van der Waals surface area contributed by atoms with Gasteiger partial charge in [-0.1, -0.05) is 18.2 Å². The molecule has 1 aliphatic heterocycles. The first-order valence-corrected chi connectivity index (χ1v) is 6.57. The molecule has 104 valence electrons. The van der Waals surface area contributed by atoms with E-state index in [1.54, 1.807) is 7.05 Å². The zero-order valence-electron chi connectivity index (χ0n) is 12.0. The lowest BCUT2D eigenvalue weighted by molar-refractivity contribution is -0.0167. The minimum absolute atomic E-state index is 0.259. The number of fused-ring (bicyclic) bond motifs is 1. The van der Waals surface area contributed by atoms with Crippen molar-refractivity contribution in [2.45, 2.75) is 45.4 Å². The van der Waals surface area contributed by atoms with Crippen LogP contribution >= 0.6 is 0 Å². The SMILES string of the molecule is CN(C(=O)OC(C)(C)C)[C@H]1CCc2ccccc2O1. The fraction of sp³-hybridized carbons (Fsp3) is 0.533. The number of hydrogen-bond donors (Lipinski definition) is 0. The molecule has 2 rings (SSSR count). The minimum Gasteiger partial charge on any atom is -0.470 e. The van der Waals surface area contributed by atoms with Crippen LogP contribution in [0, 0.1) is 0 Å². The van der Waals surface area contributed by atoms with Crippen LogP contribution in [0.3, 0.4) is 0 Å². The molecular weight excluding hydrogens is 242 g/mol. The average Bonchev–Trinajstić information content (AvgIpc) is 2.35. The van der Waals surface area contributed by atoms with E-state index in [-0.39, 0.29) is 12.3 Å². The van der Waals surface area contributed by atoms with Gasteiger partial charge in [0.05, 0.1) is 0 Å². The molecule has 1 aromatic rings. The first-order chi connectivity index (χ1) is 8.87. The first-order valence-electron chi connectivity index (χ1n) is 6.57. The normalized spacial score (nSPS) is 18.2. The van der Waals surface area contributed by atoms with Crippen LogP contribution in [0.4, 0.5) is 4.79 Å². The van der Waals surface area contributed by atoms with Gasteiger partial charge in [-0.2, -0.15) is 0 Å². The molecule has 1 aromatic carbocycles. The third-order valence-electron chi connectivity index (χ3n) is 3.01. The van der Waals surface area contributed by atoms with Gasteiger partial charge in [0.2, 0.25) is 0 Å². The van der Waals surface area contributed by atoms with Crippen LogP contribution in [-0.2, 0) is 11.2 Å². The van der Waals surface area contributed by atoms with E-state index in [1.807, 2.05) is 39.0 Å². The summed E-state index contributed by atoms with van der Waals surface area (Å²) < 4.78 is 11.2. The van der Waals surface area contributed by atoms with Crippen LogP contribution in [-0.4, -0.2) is 29.9 Å². The van der Waals surface area contributed by atoms with Gasteiger partial charge in [0.1, 0.15) is 11.4 Å². The van der Waals surface area contributed by atoms with Crippen molar-refractivity contribution in [3.05, 3.63) is 29.8 Å². The fourth-order valence-electron chi connectivity index (χ4n) is 2.03. The summed E-state index contributed by atoms with van der Waals surface area (Å²) in [6.07, 6.45) is 1.09. The van der Waals surface area contributed by atoms with Crippen LogP contribution in [0.15, 0.2) is 24.3 Å². The van der Waals surface area contributed by atoms with Gasteiger partial charge in [-0.3, -0.25) is 4.90 Å². The number of hydrogen-bond acceptors (Lipinski definition) is 3. The standard InChI is InChI=1S/C15H21NO3/c1-15(2,3)19-14(17)16(4)13-10-9-11-7-5-6-8-12(11)18-13/h5-8,13H,9-10H2,1-4H3/t13-/m1/s1. The second kappa shape index (κ2) is 5.11. The van der Waals surface area contributed by atoms with E-state index in [9.17, 15) is 4.79 Å². The molecule has 19 heavy (non-hydrogen) atoms. The maximum absolute atomic E-state index is 12.0. The minimum atomic E-state index is -0.488. The third kappa shape index (κ3) is 3.40. The highest BCUT2D eigenvalue weighted by Crippen LogP contribution is 2.28. The van der Waals surface area contributed by atoms with Gasteiger partial charge in [0, 0.05) is 13.5 Å². The van der Waals surface area contributed by atoms with E-state index < -0.39 is 5.60 Å². The molecule has 0 N–H and O–H groups in total. The van der Waals surface area contributed by atoms with Crippen molar-refractivity contribution >= 4 is 6.09 Å². The number of carbonyl (C=O) groups excluding carboxylic acids is 1. The van der Waals surface area contributed by atoms with E-state index in [2.05, 4.69) is 6.07 Å². The van der Waals surface area contributed by atoms with Crippen molar-refractivity contribution in [1.82, 2.24) is 4.90 Å². The van der Waals surface area contributed by atoms with Gasteiger partial charge in [-0.05, 0) is 38.8 Å². The van der Waals surface area contributed by atoms with Crippen molar-refractivity contribution in [3.8, 4) is 5.75 Å². The van der Waals surface area contributed by atoms with Gasteiger partial charge in [0.25, 0.3) is 0 Å². The van der Waals surface area contributed by atoms with Crippen LogP contribution < -0.4 is 4.74 Å². The summed E-state index contributed by atoms with van der Waals surface area (Å²) in [4.78, 5) is 13.5. The van der Waals surface area contributed by atoms with Crippen LogP contribution in [0.2, 0.25) is 0 Å². The summed E-state index contributed by atoms with van der Waals surface area (Å²) in [6, 6.07) is 7.93. The van der Waals surface area contributed by atoms with Crippen molar-refractivity contribution in [3.63, 3.8) is 0 Å². The molecule has 4 heteroatoms. The van der Waals surface area contributed by atoms with Crippen LogP contribution in [0.25, 0.3) is 0 Å². The van der Waals surface area contributed by atoms with E-state index in [0.717, 1.165) is 18.6 Å². The smallest absolute Gasteiger partial charge is 0.412 e. The van der Waals surface area contributed by atoms with E-state index in [0.29, 0.717) is 0 Å². The Balaban J connectivity index is 2.02. The van der Waals surface area contributed by atoms with Crippen LogP contribution in [0.5, 0.6) is 5.75 Å². The molecule has 1 heterocycles. The highest BCUT2D eigenvalue weighted by molar-refractivity contribution is 5.68. The molecule has 1 amide bonds. The zero-order chi connectivity index (χ0) is 14.0. The molecule has 0 aromatic heterocycles. The van der Waals surface area contributed by atoms with Crippen molar-refractivity contribution in [2.75, 3.05) is 7.05 Å². The highest BCUT2D eigenvalue weighted by atomic mass is 16.6. The number of nitrogens with zero attached hydrogens (tertiary/aromatic N) is 1. The molecule has 1 aliphatic rings. The number of para-hydroxylation sites is 1. The Labute approximate surface area is 114 Å². The van der Waals surface area contributed by atoms with Crippen LogP contribution in [0.1, 0.15) is 32.8 Å². The molecule has 0 unspecified atom stereocenters. The second-order valence-electron chi connectivity index (χ2n) is 5.81. The van der Waals surface area contributed by atoms with E-state index in [1.165, 1.54) is 10.5 Å². The molecule has 4 nitrogen and oxygen atoms in total. The molecule has 0 radical (unpaired) electrons. The summed E-state index contributed by atoms with van der Waals surface area (Å²) in [6.45, 7) is 5.57. The molecule has 0 saturated carbocycles. The molecule has 0 bridgehead atoms. The van der Waals surface area contributed by atoms with Gasteiger partial charge in [-0.15, -0.1) is 0 Å². The largest absolute Gasteiger partial charge is 0.470 e. The Kier molecular flexibility index (Phi) is 3.69. The number of aryl methyl sites for hydroxylation is 1. The predicted octanol–water partition coefficient (Wildman–Crippen LogP) is 3.20. The molecule has 0 saturated heterocycles. The monoisotopic (exact) mass is 263 g/mol. The fourth-order valence-corrected chi connectivity index (χ4v) is 2.03. The number of rotatable bonds is 1. The van der Waals surface area contributed by atoms with Gasteiger partial charge in [0.15, 0.2) is 6.23 Å². The number of benzene rings is 1. The van der Waals surface area contributed by atoms with Gasteiger partial charge < -0.3 is 9.47 Å². The summed E-state index contributed by atoms with van der Waals surface area (Å²) in [5.41, 5.74) is 0.703. The lowest BCUT2D eigenvalue weighted by atomic mass is 10.1. The van der Waals surface area contributed by atoms with Gasteiger partial charge >= 0.3 is 6.09 Å². The van der Waals surface area contributed by atoms with E-state index >= 15 is 0 Å². The second-order valence-corrected chi connectivity index (χ2v) is 5.81. The summed E-state index contributed by atoms with van der Waals surface area (Å²) in [7, 11) is 1.71. The van der Waals surface area contributed by atoms with Crippen molar-refractivity contribution < 1.29 is 14.3 Å². The third-order valence-corrected chi connectivity index (χ3v) is 3.01. The Hall–Kier alpha value is -1.71. The molecule has 0 spiro atoms. The number of amides is 1. The maximum Gasteiger partial charge on any atom is 0.412 e. The van der Waals surface area contributed by atoms with E-state index in [4.69, 9.17) is 9.47 Å². The molecule has 1 atom stereocenters. The first kappa shape index (κ1) is 13.7. The Morgan fingerprint density at radius 2 is 2.05 bits per heavy atom. The quantitative estimate of drug-likeness (QED) is 0.781. The molecule has 0 aliphatic carbocycles. The Morgan fingerprint density at radius 3 is 2.74 bits per heavy atom. The number of ether oxygens (including phenoxy) is 2. The number of carbonyl (C=O) groups is 1. The summed E-state index contributed by atoms with van der Waals surface area (Å²) >= 11 is 0. The zero-order valence-corrected chi connectivity index (χ0v) is 12.0. The Morgan fingerprint density at radius 1 is 1.37 bits per heavy atom. The summed E-state index contributed by atoms with van der Waals surface area (Å²) in [5.74, 6) is 0.856. The van der Waals surface area contributed by atoms with Gasteiger partial charge in [-0.25, -0.2) is 4.79 Å². The lowest BCUT2D eigenvalue weighted by Crippen LogP contribution is -2.45. The molecule has 0 fully saturated rings. The topological polar surface area (TPSA) is 38.8 Å². The van der Waals surface area contributed by atoms with Crippen molar-refractivity contribution in [1.29, 1.82) is 0 Å². The van der Waals surface area contributed by atoms with Crippen molar-refractivity contribution in [2.24, 2.45) is 0 Å². The average molecular weight is 263 g/mol.